The number of para-hydroxylation sites is 1. The van der Waals surface area contributed by atoms with E-state index in [-0.39, 0.29) is 11.8 Å². The van der Waals surface area contributed by atoms with Gasteiger partial charge in [-0.2, -0.15) is 14.3 Å². The molecule has 36 heavy (non-hydrogen) atoms. The fraction of sp³-hybridized carbons (Fsp3) is 0.222. The molecule has 1 N–H and O–H groups in total. The van der Waals surface area contributed by atoms with E-state index in [0.717, 1.165) is 28.1 Å². The van der Waals surface area contributed by atoms with E-state index in [1.54, 1.807) is 9.20 Å². The molecular weight excluding hydrogens is 454 g/mol. The molecule has 1 aliphatic heterocycles. The highest BCUT2D eigenvalue weighted by Crippen LogP contribution is 2.43. The van der Waals surface area contributed by atoms with Gasteiger partial charge in [-0.05, 0) is 44.5 Å². The summed E-state index contributed by atoms with van der Waals surface area (Å²) >= 11 is 0. The Bertz CT molecular complexity index is 1600. The van der Waals surface area contributed by atoms with E-state index >= 15 is 0 Å². The summed E-state index contributed by atoms with van der Waals surface area (Å²) in [6, 6.07) is 19.9. The quantitative estimate of drug-likeness (QED) is 0.404. The first-order valence-electron chi connectivity index (χ1n) is 11.8. The van der Waals surface area contributed by atoms with Crippen molar-refractivity contribution in [3.63, 3.8) is 0 Å². The fourth-order valence-electron chi connectivity index (χ4n) is 4.72. The fourth-order valence-corrected chi connectivity index (χ4v) is 4.72. The monoisotopic (exact) mass is 479 g/mol. The van der Waals surface area contributed by atoms with E-state index in [1.165, 1.54) is 5.56 Å². The number of carbonyl (C=O) groups excluding carboxylic acids is 1. The zero-order chi connectivity index (χ0) is 24.8. The normalized spacial score (nSPS) is 15.1. The molecular formula is C27H25N7O2. The molecule has 0 radical (unpaired) electrons. The lowest BCUT2D eigenvalue weighted by Crippen LogP contribution is -2.25. The Balaban J connectivity index is 1.39. The van der Waals surface area contributed by atoms with Crippen molar-refractivity contribution >= 4 is 17.4 Å². The minimum Gasteiger partial charge on any atom is -0.489 e. The maximum atomic E-state index is 12.9. The number of carbonyl (C=O) groups is 1. The smallest absolute Gasteiger partial charge is 0.226 e. The molecule has 0 unspecified atom stereocenters. The minimum atomic E-state index is -0.197. The van der Waals surface area contributed by atoms with Gasteiger partial charge in [0.25, 0.3) is 0 Å². The van der Waals surface area contributed by atoms with Gasteiger partial charge in [0.15, 0.2) is 17.3 Å². The summed E-state index contributed by atoms with van der Waals surface area (Å²) in [6.07, 6.45) is 0.307. The highest BCUT2D eigenvalue weighted by molar-refractivity contribution is 5.95. The molecule has 1 atom stereocenters. The van der Waals surface area contributed by atoms with E-state index < -0.39 is 0 Å². The van der Waals surface area contributed by atoms with Gasteiger partial charge in [-0.3, -0.25) is 4.79 Å². The number of ether oxygens (including phenoxy) is 1. The van der Waals surface area contributed by atoms with E-state index in [9.17, 15) is 4.79 Å². The highest BCUT2D eigenvalue weighted by atomic mass is 16.5. The lowest BCUT2D eigenvalue weighted by Gasteiger charge is -2.26. The molecule has 5 aromatic rings. The third-order valence-electron chi connectivity index (χ3n) is 6.53. The lowest BCUT2D eigenvalue weighted by molar-refractivity contribution is -0.116. The third-order valence-corrected chi connectivity index (χ3v) is 6.53. The maximum Gasteiger partial charge on any atom is 0.226 e. The van der Waals surface area contributed by atoms with Gasteiger partial charge in [0.05, 0.1) is 5.69 Å². The van der Waals surface area contributed by atoms with Crippen LogP contribution < -0.4 is 10.1 Å². The molecule has 0 spiro atoms. The predicted molar refractivity (Wildman–Crippen MR) is 134 cm³/mol. The van der Waals surface area contributed by atoms with Crippen LogP contribution in [0.25, 0.3) is 11.5 Å². The van der Waals surface area contributed by atoms with E-state index in [2.05, 4.69) is 51.8 Å². The summed E-state index contributed by atoms with van der Waals surface area (Å²) < 4.78 is 9.61. The van der Waals surface area contributed by atoms with Crippen molar-refractivity contribution in [3.05, 3.63) is 94.4 Å². The van der Waals surface area contributed by atoms with E-state index in [1.807, 2.05) is 50.2 Å². The number of aromatic nitrogens is 6. The first-order valence-corrected chi connectivity index (χ1v) is 11.8. The molecule has 3 aromatic heterocycles. The summed E-state index contributed by atoms with van der Waals surface area (Å²) in [7, 11) is 0. The Labute approximate surface area is 207 Å². The second-order valence-electron chi connectivity index (χ2n) is 9.09. The van der Waals surface area contributed by atoms with Gasteiger partial charge in [-0.25, -0.2) is 0 Å². The van der Waals surface area contributed by atoms with Gasteiger partial charge in [-0.1, -0.05) is 48.0 Å². The van der Waals surface area contributed by atoms with Crippen LogP contribution in [0.2, 0.25) is 0 Å². The van der Waals surface area contributed by atoms with Crippen molar-refractivity contribution in [2.45, 2.75) is 39.7 Å². The van der Waals surface area contributed by atoms with Gasteiger partial charge >= 0.3 is 0 Å². The molecule has 1 amide bonds. The van der Waals surface area contributed by atoms with Crippen molar-refractivity contribution in [3.8, 4) is 11.6 Å². The molecule has 0 saturated heterocycles. The SMILES string of the molecule is Cc1ccc(COc2ccccc2[C@@H]2CC(=O)Nc3c2c(C)nn3-c2ccc3nnc(C)n3n2)cc1. The molecule has 9 heteroatoms. The Morgan fingerprint density at radius 2 is 1.78 bits per heavy atom. The van der Waals surface area contributed by atoms with Gasteiger partial charge in [0, 0.05) is 23.5 Å². The second-order valence-corrected chi connectivity index (χ2v) is 9.09. The molecule has 1 aliphatic rings. The molecule has 6 rings (SSSR count). The number of hydrogen-bond donors (Lipinski definition) is 1. The zero-order valence-corrected chi connectivity index (χ0v) is 20.3. The summed E-state index contributed by atoms with van der Waals surface area (Å²) in [4.78, 5) is 12.9. The summed E-state index contributed by atoms with van der Waals surface area (Å²) in [5.74, 6) is 2.35. The van der Waals surface area contributed by atoms with Crippen LogP contribution in [0.4, 0.5) is 5.82 Å². The average molecular weight is 480 g/mol. The van der Waals surface area contributed by atoms with Gasteiger partial charge in [0.1, 0.15) is 18.2 Å². The highest BCUT2D eigenvalue weighted by Gasteiger charge is 2.34. The molecule has 4 heterocycles. The third kappa shape index (κ3) is 3.78. The Kier molecular flexibility index (Phi) is 5.25. The molecule has 0 bridgehead atoms. The molecule has 180 valence electrons. The zero-order valence-electron chi connectivity index (χ0n) is 20.3. The molecule has 0 saturated carbocycles. The van der Waals surface area contributed by atoms with E-state index in [0.29, 0.717) is 36.1 Å². The standard InChI is InChI=1S/C27H25N7O2/c1-16-8-10-19(11-9-16)15-36-22-7-5-4-6-20(22)21-14-25(35)28-27-26(21)17(2)31-34(27)24-13-12-23-30-29-18(3)33(23)32-24/h4-13,21H,14-15H2,1-3H3,(H,28,35)/t21-/m0/s1. The van der Waals surface area contributed by atoms with Crippen molar-refractivity contribution < 1.29 is 9.53 Å². The lowest BCUT2D eigenvalue weighted by atomic mass is 9.85. The van der Waals surface area contributed by atoms with Crippen LogP contribution in [-0.4, -0.2) is 35.5 Å². The van der Waals surface area contributed by atoms with Crippen LogP contribution in [0.3, 0.4) is 0 Å². The molecule has 9 nitrogen and oxygen atoms in total. The number of benzene rings is 2. The second kappa shape index (κ2) is 8.60. The number of nitrogens with one attached hydrogen (secondary N) is 1. The van der Waals surface area contributed by atoms with Crippen LogP contribution in [-0.2, 0) is 11.4 Å². The van der Waals surface area contributed by atoms with Gasteiger partial charge < -0.3 is 10.1 Å². The van der Waals surface area contributed by atoms with Crippen molar-refractivity contribution in [1.29, 1.82) is 0 Å². The largest absolute Gasteiger partial charge is 0.489 e. The summed E-state index contributed by atoms with van der Waals surface area (Å²) in [5.41, 5.74) is 5.69. The summed E-state index contributed by atoms with van der Waals surface area (Å²) in [5, 5.41) is 20.6. The van der Waals surface area contributed by atoms with E-state index in [4.69, 9.17) is 9.84 Å². The van der Waals surface area contributed by atoms with Crippen LogP contribution in [0.5, 0.6) is 5.75 Å². The first-order chi connectivity index (χ1) is 17.5. The predicted octanol–water partition coefficient (Wildman–Crippen LogP) is 4.29. The Morgan fingerprint density at radius 1 is 0.972 bits per heavy atom. The van der Waals surface area contributed by atoms with Crippen molar-refractivity contribution in [2.24, 2.45) is 0 Å². The van der Waals surface area contributed by atoms with Crippen LogP contribution in [0, 0.1) is 20.8 Å². The number of rotatable bonds is 5. The van der Waals surface area contributed by atoms with Crippen molar-refractivity contribution in [1.82, 2.24) is 29.6 Å². The summed E-state index contributed by atoms with van der Waals surface area (Å²) in [6.45, 7) is 6.31. The first kappa shape index (κ1) is 22.0. The van der Waals surface area contributed by atoms with Gasteiger partial charge in [0.2, 0.25) is 5.91 Å². The van der Waals surface area contributed by atoms with Crippen molar-refractivity contribution in [2.75, 3.05) is 5.32 Å². The molecule has 0 aliphatic carbocycles. The topological polar surface area (TPSA) is 99.2 Å². The Morgan fingerprint density at radius 3 is 2.61 bits per heavy atom. The van der Waals surface area contributed by atoms with Crippen LogP contribution in [0.15, 0.2) is 60.7 Å². The van der Waals surface area contributed by atoms with Gasteiger partial charge in [-0.15, -0.1) is 15.3 Å². The number of amides is 1. The minimum absolute atomic E-state index is 0.0801. The molecule has 0 fully saturated rings. The average Bonchev–Trinajstić information content (AvgIpc) is 3.42. The van der Waals surface area contributed by atoms with Crippen LogP contribution in [0.1, 0.15) is 46.1 Å². The number of aryl methyl sites for hydroxylation is 3. The number of anilines is 1. The molecule has 2 aromatic carbocycles. The van der Waals surface area contributed by atoms with Crippen LogP contribution >= 0.6 is 0 Å². The Hall–Kier alpha value is -4.53. The number of hydrogen-bond acceptors (Lipinski definition) is 6. The maximum absolute atomic E-state index is 12.9. The number of fused-ring (bicyclic) bond motifs is 2. The number of nitrogens with zero attached hydrogens (tertiary/aromatic N) is 6.